The molecule has 1 aromatic carbocycles. The molecule has 1 aromatic rings. The van der Waals surface area contributed by atoms with Crippen LogP contribution in [0.3, 0.4) is 0 Å². The Bertz CT molecular complexity index is 510. The van der Waals surface area contributed by atoms with Gasteiger partial charge in [-0.25, -0.2) is 4.79 Å². The van der Waals surface area contributed by atoms with Gasteiger partial charge in [-0.3, -0.25) is 4.79 Å². The molecule has 1 aliphatic heterocycles. The molecule has 0 bridgehead atoms. The molecule has 1 aliphatic rings. The van der Waals surface area contributed by atoms with Crippen molar-refractivity contribution in [1.29, 1.82) is 0 Å². The third-order valence-corrected chi connectivity index (χ3v) is 2.91. The van der Waals surface area contributed by atoms with Gasteiger partial charge in [-0.2, -0.15) is 0 Å². The lowest BCUT2D eigenvalue weighted by atomic mass is 10.1. The van der Waals surface area contributed by atoms with E-state index in [1.807, 2.05) is 24.3 Å². The molecule has 0 unspecified atom stereocenters. The Balaban J connectivity index is 2.15. The van der Waals surface area contributed by atoms with Crippen molar-refractivity contribution in [1.82, 2.24) is 4.90 Å². The molecule has 0 spiro atoms. The molecule has 5 nitrogen and oxygen atoms in total. The highest BCUT2D eigenvalue weighted by Gasteiger charge is 2.19. The number of aliphatic carboxylic acids is 1. The third-order valence-electron chi connectivity index (χ3n) is 2.91. The van der Waals surface area contributed by atoms with E-state index in [-0.39, 0.29) is 12.5 Å². The molecule has 5 heteroatoms. The lowest BCUT2D eigenvalue weighted by Crippen LogP contribution is -2.41. The fourth-order valence-corrected chi connectivity index (χ4v) is 1.92. The SMILES string of the molecule is O=C(O)C=Cc1ccccc1CN1CCOCC1=O. The smallest absolute Gasteiger partial charge is 0.328 e. The van der Waals surface area contributed by atoms with Crippen molar-refractivity contribution in [3.8, 4) is 0 Å². The van der Waals surface area contributed by atoms with Crippen LogP contribution in [0.4, 0.5) is 0 Å². The van der Waals surface area contributed by atoms with Crippen molar-refractivity contribution >= 4 is 18.0 Å². The van der Waals surface area contributed by atoms with E-state index >= 15 is 0 Å². The van der Waals surface area contributed by atoms with E-state index < -0.39 is 5.97 Å². The van der Waals surface area contributed by atoms with Crippen LogP contribution >= 0.6 is 0 Å². The number of morpholine rings is 1. The fourth-order valence-electron chi connectivity index (χ4n) is 1.92. The number of carbonyl (C=O) groups excluding carboxylic acids is 1. The van der Waals surface area contributed by atoms with Crippen LogP contribution in [0.1, 0.15) is 11.1 Å². The minimum atomic E-state index is -0.989. The van der Waals surface area contributed by atoms with E-state index in [4.69, 9.17) is 9.84 Å². The van der Waals surface area contributed by atoms with Gasteiger partial charge in [0.2, 0.25) is 5.91 Å². The van der Waals surface area contributed by atoms with Crippen LogP contribution in [0.25, 0.3) is 6.08 Å². The molecule has 0 atom stereocenters. The number of ether oxygens (including phenoxy) is 1. The molecule has 1 saturated heterocycles. The topological polar surface area (TPSA) is 66.8 Å². The van der Waals surface area contributed by atoms with Gasteiger partial charge in [-0.05, 0) is 17.2 Å². The Labute approximate surface area is 111 Å². The maximum absolute atomic E-state index is 11.7. The zero-order valence-corrected chi connectivity index (χ0v) is 10.4. The highest BCUT2D eigenvalue weighted by molar-refractivity contribution is 5.85. The van der Waals surface area contributed by atoms with E-state index in [2.05, 4.69) is 0 Å². The summed E-state index contributed by atoms with van der Waals surface area (Å²) in [6.45, 7) is 1.70. The summed E-state index contributed by atoms with van der Waals surface area (Å²) in [5.41, 5.74) is 1.74. The first-order valence-corrected chi connectivity index (χ1v) is 6.01. The fraction of sp³-hybridized carbons (Fsp3) is 0.286. The van der Waals surface area contributed by atoms with Gasteiger partial charge in [-0.1, -0.05) is 24.3 Å². The maximum Gasteiger partial charge on any atom is 0.328 e. The molecule has 1 fully saturated rings. The highest BCUT2D eigenvalue weighted by atomic mass is 16.5. The summed E-state index contributed by atoms with van der Waals surface area (Å²) in [5, 5.41) is 8.66. The summed E-state index contributed by atoms with van der Waals surface area (Å²) in [5.74, 6) is -1.03. The molecule has 0 aromatic heterocycles. The van der Waals surface area contributed by atoms with Crippen molar-refractivity contribution in [3.63, 3.8) is 0 Å². The predicted octanol–water partition coefficient (Wildman–Crippen LogP) is 1.14. The lowest BCUT2D eigenvalue weighted by Gasteiger charge is -2.27. The van der Waals surface area contributed by atoms with Crippen LogP contribution in [-0.4, -0.2) is 41.6 Å². The second kappa shape index (κ2) is 6.15. The van der Waals surface area contributed by atoms with Crippen molar-refractivity contribution in [2.45, 2.75) is 6.54 Å². The molecule has 0 saturated carbocycles. The summed E-state index contributed by atoms with van der Waals surface area (Å²) < 4.78 is 5.08. The minimum absolute atomic E-state index is 0.0386. The number of carbonyl (C=O) groups is 2. The quantitative estimate of drug-likeness (QED) is 0.825. The number of amides is 1. The minimum Gasteiger partial charge on any atom is -0.478 e. The van der Waals surface area contributed by atoms with E-state index in [1.54, 1.807) is 11.0 Å². The zero-order chi connectivity index (χ0) is 13.7. The highest BCUT2D eigenvalue weighted by Crippen LogP contribution is 2.14. The van der Waals surface area contributed by atoms with Crippen LogP contribution in [0.5, 0.6) is 0 Å². The number of benzene rings is 1. The molecule has 19 heavy (non-hydrogen) atoms. The van der Waals surface area contributed by atoms with Gasteiger partial charge in [0, 0.05) is 19.2 Å². The average molecular weight is 261 g/mol. The molecule has 1 N–H and O–H groups in total. The monoisotopic (exact) mass is 261 g/mol. The Hall–Kier alpha value is -2.14. The van der Waals surface area contributed by atoms with Crippen molar-refractivity contribution < 1.29 is 19.4 Å². The largest absolute Gasteiger partial charge is 0.478 e. The van der Waals surface area contributed by atoms with Crippen molar-refractivity contribution in [2.24, 2.45) is 0 Å². The van der Waals surface area contributed by atoms with Gasteiger partial charge in [-0.15, -0.1) is 0 Å². The number of rotatable bonds is 4. The summed E-state index contributed by atoms with van der Waals surface area (Å²) >= 11 is 0. The number of nitrogens with zero attached hydrogens (tertiary/aromatic N) is 1. The van der Waals surface area contributed by atoms with E-state index in [0.29, 0.717) is 19.7 Å². The molecule has 2 rings (SSSR count). The van der Waals surface area contributed by atoms with Crippen LogP contribution in [-0.2, 0) is 20.9 Å². The summed E-state index contributed by atoms with van der Waals surface area (Å²) in [4.78, 5) is 23.9. The van der Waals surface area contributed by atoms with Gasteiger partial charge in [0.05, 0.1) is 6.61 Å². The Morgan fingerprint density at radius 2 is 2.21 bits per heavy atom. The normalized spacial score (nSPS) is 16.0. The van der Waals surface area contributed by atoms with E-state index in [1.165, 1.54) is 0 Å². The molecule has 1 amide bonds. The summed E-state index contributed by atoms with van der Waals surface area (Å²) in [7, 11) is 0. The molecule has 0 aliphatic carbocycles. The summed E-state index contributed by atoms with van der Waals surface area (Å²) in [6, 6.07) is 7.44. The second-order valence-electron chi connectivity index (χ2n) is 4.24. The molecular formula is C14H15NO4. The van der Waals surface area contributed by atoms with Crippen LogP contribution in [0.15, 0.2) is 30.3 Å². The summed E-state index contributed by atoms with van der Waals surface area (Å²) in [6.07, 6.45) is 2.64. The Kier molecular flexibility index (Phi) is 4.30. The number of hydrogen-bond acceptors (Lipinski definition) is 3. The molecule has 1 heterocycles. The van der Waals surface area contributed by atoms with Crippen LogP contribution in [0.2, 0.25) is 0 Å². The lowest BCUT2D eigenvalue weighted by molar-refractivity contribution is -0.143. The van der Waals surface area contributed by atoms with Gasteiger partial charge in [0.1, 0.15) is 6.61 Å². The van der Waals surface area contributed by atoms with Gasteiger partial charge < -0.3 is 14.7 Å². The maximum atomic E-state index is 11.7. The van der Waals surface area contributed by atoms with Crippen LogP contribution in [0, 0.1) is 0 Å². The molecular weight excluding hydrogens is 246 g/mol. The van der Waals surface area contributed by atoms with E-state index in [9.17, 15) is 9.59 Å². The zero-order valence-electron chi connectivity index (χ0n) is 10.4. The Morgan fingerprint density at radius 3 is 2.95 bits per heavy atom. The van der Waals surface area contributed by atoms with Gasteiger partial charge in [0.15, 0.2) is 0 Å². The second-order valence-corrected chi connectivity index (χ2v) is 4.24. The van der Waals surface area contributed by atoms with E-state index in [0.717, 1.165) is 17.2 Å². The first-order chi connectivity index (χ1) is 9.16. The Morgan fingerprint density at radius 1 is 1.42 bits per heavy atom. The molecule has 100 valence electrons. The van der Waals surface area contributed by atoms with Crippen molar-refractivity contribution in [3.05, 3.63) is 41.5 Å². The predicted molar refractivity (Wildman–Crippen MR) is 69.3 cm³/mol. The van der Waals surface area contributed by atoms with Gasteiger partial charge in [0.25, 0.3) is 0 Å². The standard InChI is InChI=1S/C14H15NO4/c16-13-10-19-8-7-15(13)9-12-4-2-1-3-11(12)5-6-14(17)18/h1-6H,7-10H2,(H,17,18). The van der Waals surface area contributed by atoms with Crippen molar-refractivity contribution in [2.75, 3.05) is 19.8 Å². The van der Waals surface area contributed by atoms with Gasteiger partial charge >= 0.3 is 5.97 Å². The van der Waals surface area contributed by atoms with Crippen LogP contribution < -0.4 is 0 Å². The third kappa shape index (κ3) is 3.66. The average Bonchev–Trinajstić information content (AvgIpc) is 2.40. The first kappa shape index (κ1) is 13.3. The first-order valence-electron chi connectivity index (χ1n) is 6.01. The number of carboxylic acids is 1. The molecule has 0 radical (unpaired) electrons. The number of carboxylic acid groups (broad SMARTS) is 1. The number of hydrogen-bond donors (Lipinski definition) is 1.